The predicted octanol–water partition coefficient (Wildman–Crippen LogP) is 1.29. The van der Waals surface area contributed by atoms with Gasteiger partial charge in [0.05, 0.1) is 33.9 Å². The van der Waals surface area contributed by atoms with E-state index in [1.807, 2.05) is 19.3 Å². The van der Waals surface area contributed by atoms with Crippen LogP contribution in [0.1, 0.15) is 17.7 Å². The van der Waals surface area contributed by atoms with Crippen LogP contribution in [-0.2, 0) is 29.6 Å². The number of halogens is 2. The van der Waals surface area contributed by atoms with E-state index in [0.717, 1.165) is 27.9 Å². The molecule has 1 aromatic carbocycles. The van der Waals surface area contributed by atoms with Crippen molar-refractivity contribution in [2.24, 2.45) is 7.05 Å². The summed E-state index contributed by atoms with van der Waals surface area (Å²) in [4.78, 5) is 30.5. The van der Waals surface area contributed by atoms with Crippen LogP contribution in [0.25, 0.3) is 22.2 Å². The molecule has 3 heterocycles. The average molecular weight is 534 g/mol. The summed E-state index contributed by atoms with van der Waals surface area (Å²) in [6.07, 6.45) is -0.451. The molecule has 0 radical (unpaired) electrons. The van der Waals surface area contributed by atoms with Crippen LogP contribution in [0.5, 0.6) is 0 Å². The molecule has 0 fully saturated rings. The highest BCUT2D eigenvalue weighted by atomic mass is 35.5. The van der Waals surface area contributed by atoms with Crippen molar-refractivity contribution in [3.63, 3.8) is 0 Å². The van der Waals surface area contributed by atoms with Crippen LogP contribution in [0, 0.1) is 0 Å². The van der Waals surface area contributed by atoms with Crippen LogP contribution in [0.15, 0.2) is 30.0 Å². The zero-order valence-electron chi connectivity index (χ0n) is 19.3. The summed E-state index contributed by atoms with van der Waals surface area (Å²) >= 11 is 12.9. The Morgan fingerprint density at radius 3 is 2.75 bits per heavy atom. The lowest BCUT2D eigenvalue weighted by molar-refractivity contribution is -0.133. The van der Waals surface area contributed by atoms with Gasteiger partial charge in [-0.05, 0) is 18.2 Å². The second-order valence-electron chi connectivity index (χ2n) is 9.12. The molecule has 190 valence electrons. The van der Waals surface area contributed by atoms with E-state index in [1.54, 1.807) is 15.6 Å². The van der Waals surface area contributed by atoms with E-state index in [0.29, 0.717) is 35.1 Å². The maximum Gasteiger partial charge on any atom is 0.247 e. The van der Waals surface area contributed by atoms with Gasteiger partial charge in [0.15, 0.2) is 0 Å². The fourth-order valence-corrected chi connectivity index (χ4v) is 5.21. The standard InChI is InChI=1S/C24H25Cl2N5O5/c1-30-4-2-16(29-30)12-8-14(25)21(26)22-20(12)13-10-31(5-3-15(13)28-22)19(34)9-27-24(36)11-6-17(32)23(35)18(33)7-11/h2,4,6,8,17-18,23,28,32-33,35H,3,5,7,9-10H2,1H3,(H,27,36)/t17-,18-,23-/m0/s1. The minimum absolute atomic E-state index is 0.111. The Morgan fingerprint density at radius 1 is 1.28 bits per heavy atom. The average Bonchev–Trinajstić information content (AvgIpc) is 3.46. The molecule has 0 saturated heterocycles. The largest absolute Gasteiger partial charge is 0.390 e. The molecule has 2 amide bonds. The monoisotopic (exact) mass is 533 g/mol. The molecule has 12 heteroatoms. The van der Waals surface area contributed by atoms with Gasteiger partial charge in [0.1, 0.15) is 12.2 Å². The van der Waals surface area contributed by atoms with Gasteiger partial charge in [-0.25, -0.2) is 0 Å². The number of hydrogen-bond donors (Lipinski definition) is 5. The number of nitrogens with zero attached hydrogens (tertiary/aromatic N) is 3. The lowest BCUT2D eigenvalue weighted by atomic mass is 9.92. The highest BCUT2D eigenvalue weighted by Crippen LogP contribution is 2.41. The molecule has 3 aromatic rings. The van der Waals surface area contributed by atoms with E-state index in [4.69, 9.17) is 23.2 Å². The lowest BCUT2D eigenvalue weighted by Gasteiger charge is -2.29. The molecule has 0 unspecified atom stereocenters. The Hall–Kier alpha value is -2.89. The number of nitrogens with one attached hydrogen (secondary N) is 2. The predicted molar refractivity (Wildman–Crippen MR) is 133 cm³/mol. The van der Waals surface area contributed by atoms with Crippen molar-refractivity contribution in [1.29, 1.82) is 0 Å². The number of amides is 2. The van der Waals surface area contributed by atoms with Crippen LogP contribution in [0.4, 0.5) is 0 Å². The van der Waals surface area contributed by atoms with Crippen molar-refractivity contribution in [3.05, 3.63) is 51.3 Å². The minimum atomic E-state index is -1.35. The summed E-state index contributed by atoms with van der Waals surface area (Å²) in [5.74, 6) is -0.850. The van der Waals surface area contributed by atoms with E-state index < -0.39 is 24.2 Å². The minimum Gasteiger partial charge on any atom is -0.390 e. The Balaban J connectivity index is 1.36. The number of hydrogen-bond acceptors (Lipinski definition) is 6. The SMILES string of the molecule is Cn1ccc(-c2cc(Cl)c(Cl)c3[nH]c4c(c23)CN(C(=O)CNC(=O)C2=C[C@H](O)[C@H](O)[C@@H](O)C2)CC4)n1. The normalized spacial score (nSPS) is 21.9. The number of carbonyl (C=O) groups excluding carboxylic acids is 2. The molecule has 36 heavy (non-hydrogen) atoms. The Labute approximate surface area is 216 Å². The zero-order valence-corrected chi connectivity index (χ0v) is 20.8. The van der Waals surface area contributed by atoms with E-state index in [-0.39, 0.29) is 24.4 Å². The number of carbonyl (C=O) groups is 2. The molecule has 10 nitrogen and oxygen atoms in total. The molecule has 1 aliphatic heterocycles. The van der Waals surface area contributed by atoms with Crippen molar-refractivity contribution < 1.29 is 24.9 Å². The first kappa shape index (κ1) is 24.8. The number of rotatable bonds is 4. The summed E-state index contributed by atoms with van der Waals surface area (Å²) in [6, 6.07) is 3.66. The van der Waals surface area contributed by atoms with Crippen molar-refractivity contribution in [2.45, 2.75) is 37.7 Å². The van der Waals surface area contributed by atoms with Gasteiger partial charge < -0.3 is 30.5 Å². The van der Waals surface area contributed by atoms with Crippen LogP contribution in [0.2, 0.25) is 10.0 Å². The van der Waals surface area contributed by atoms with E-state index >= 15 is 0 Å². The molecule has 1 aliphatic carbocycles. The molecule has 5 N–H and O–H groups in total. The van der Waals surface area contributed by atoms with Gasteiger partial charge >= 0.3 is 0 Å². The third-order valence-corrected chi connectivity index (χ3v) is 7.51. The number of aliphatic hydroxyl groups excluding tert-OH is 3. The molecule has 0 saturated carbocycles. The van der Waals surface area contributed by atoms with Crippen molar-refractivity contribution >= 4 is 45.9 Å². The number of aromatic nitrogens is 3. The number of aryl methyl sites for hydroxylation is 1. The van der Waals surface area contributed by atoms with Crippen LogP contribution < -0.4 is 5.32 Å². The molecular formula is C24H25Cl2N5O5. The second kappa shape index (κ2) is 9.53. The molecular weight excluding hydrogens is 509 g/mol. The Kier molecular flexibility index (Phi) is 6.56. The molecule has 2 aromatic heterocycles. The van der Waals surface area contributed by atoms with E-state index in [1.165, 1.54) is 6.08 Å². The molecule has 5 rings (SSSR count). The third-order valence-electron chi connectivity index (χ3n) is 6.72. The first-order valence-corrected chi connectivity index (χ1v) is 12.2. The first-order valence-electron chi connectivity index (χ1n) is 11.5. The summed E-state index contributed by atoms with van der Waals surface area (Å²) in [6.45, 7) is 0.515. The highest BCUT2D eigenvalue weighted by Gasteiger charge is 2.32. The van der Waals surface area contributed by atoms with Crippen LogP contribution in [-0.4, -0.2) is 78.2 Å². The highest BCUT2D eigenvalue weighted by molar-refractivity contribution is 6.45. The number of benzene rings is 1. The summed E-state index contributed by atoms with van der Waals surface area (Å²) in [5.41, 5.74) is 4.24. The number of aliphatic hydroxyl groups is 3. The lowest BCUT2D eigenvalue weighted by Crippen LogP contribution is -2.45. The summed E-state index contributed by atoms with van der Waals surface area (Å²) in [7, 11) is 1.83. The van der Waals surface area contributed by atoms with Crippen molar-refractivity contribution in [3.8, 4) is 11.3 Å². The van der Waals surface area contributed by atoms with Gasteiger partial charge in [-0.3, -0.25) is 14.3 Å². The van der Waals surface area contributed by atoms with Gasteiger partial charge in [-0.2, -0.15) is 5.10 Å². The first-order chi connectivity index (χ1) is 17.1. The summed E-state index contributed by atoms with van der Waals surface area (Å²) < 4.78 is 1.70. The topological polar surface area (TPSA) is 144 Å². The second-order valence-corrected chi connectivity index (χ2v) is 9.90. The fourth-order valence-electron chi connectivity index (χ4n) is 4.81. The molecule has 3 atom stereocenters. The Bertz CT molecular complexity index is 1400. The van der Waals surface area contributed by atoms with Gasteiger partial charge in [0.25, 0.3) is 0 Å². The number of fused-ring (bicyclic) bond motifs is 3. The van der Waals surface area contributed by atoms with Crippen molar-refractivity contribution in [2.75, 3.05) is 13.1 Å². The quantitative estimate of drug-likeness (QED) is 0.341. The van der Waals surface area contributed by atoms with Gasteiger partial charge in [-0.1, -0.05) is 23.2 Å². The summed E-state index contributed by atoms with van der Waals surface area (Å²) in [5, 5.41) is 38.0. The smallest absolute Gasteiger partial charge is 0.247 e. The fraction of sp³-hybridized carbons (Fsp3) is 0.375. The maximum atomic E-state index is 13.0. The Morgan fingerprint density at radius 2 is 2.06 bits per heavy atom. The molecule has 2 aliphatic rings. The van der Waals surface area contributed by atoms with Crippen LogP contribution >= 0.6 is 23.2 Å². The van der Waals surface area contributed by atoms with E-state index in [9.17, 15) is 24.9 Å². The van der Waals surface area contributed by atoms with Gasteiger partial charge in [0, 0.05) is 67.0 Å². The number of aromatic amines is 1. The van der Waals surface area contributed by atoms with Crippen molar-refractivity contribution in [1.82, 2.24) is 25.0 Å². The van der Waals surface area contributed by atoms with Crippen LogP contribution in [0.3, 0.4) is 0 Å². The number of H-pyrrole nitrogens is 1. The van der Waals surface area contributed by atoms with Gasteiger partial charge in [-0.15, -0.1) is 0 Å². The zero-order chi connectivity index (χ0) is 25.7. The van der Waals surface area contributed by atoms with E-state index in [2.05, 4.69) is 15.4 Å². The molecule has 0 bridgehead atoms. The maximum absolute atomic E-state index is 13.0. The molecule has 0 spiro atoms. The van der Waals surface area contributed by atoms with Gasteiger partial charge in [0.2, 0.25) is 11.8 Å². The third kappa shape index (κ3) is 4.39.